The van der Waals surface area contributed by atoms with E-state index in [1.807, 2.05) is 0 Å². The van der Waals surface area contributed by atoms with E-state index in [1.54, 1.807) is 0 Å². The maximum Gasteiger partial charge on any atom is -0.0412 e. The van der Waals surface area contributed by atoms with Crippen molar-refractivity contribution in [3.8, 4) is 0 Å². The molecular formula is C23H48. The first-order valence-corrected chi connectivity index (χ1v) is 11.3. The van der Waals surface area contributed by atoms with E-state index in [0.29, 0.717) is 0 Å². The molecule has 0 aliphatic heterocycles. The highest BCUT2D eigenvalue weighted by Gasteiger charge is 2.16. The molecule has 2 atom stereocenters. The Morgan fingerprint density at radius 3 is 1.09 bits per heavy atom. The van der Waals surface area contributed by atoms with E-state index >= 15 is 0 Å². The third-order valence-corrected chi connectivity index (χ3v) is 5.53. The van der Waals surface area contributed by atoms with Crippen LogP contribution in [0.1, 0.15) is 137 Å². The van der Waals surface area contributed by atoms with Crippen molar-refractivity contribution in [1.82, 2.24) is 0 Å². The maximum atomic E-state index is 2.35. The average Bonchev–Trinajstić information content (AvgIpc) is 2.57. The van der Waals surface area contributed by atoms with E-state index in [2.05, 4.69) is 27.7 Å². The van der Waals surface area contributed by atoms with Gasteiger partial charge >= 0.3 is 0 Å². The largest absolute Gasteiger partial charge is 0.0654 e. The fraction of sp³-hybridized carbons (Fsp3) is 1.00. The molecule has 0 aromatic carbocycles. The second kappa shape index (κ2) is 18.3. The van der Waals surface area contributed by atoms with Gasteiger partial charge in [-0.15, -0.1) is 0 Å². The maximum absolute atomic E-state index is 2.35. The Labute approximate surface area is 149 Å². The fourth-order valence-corrected chi connectivity index (χ4v) is 3.94. The minimum Gasteiger partial charge on any atom is -0.0654 e. The Balaban J connectivity index is 4.23. The molecule has 0 saturated heterocycles. The summed E-state index contributed by atoms with van der Waals surface area (Å²) in [7, 11) is 0. The highest BCUT2D eigenvalue weighted by molar-refractivity contribution is 4.68. The standard InChI is InChI=1S/C23H48/c1-5-9-13-15-19-22(17-11-7-3)21-23(18-12-8-4)20-16-14-10-6-2/h22-23H,5-21H2,1-4H3. The van der Waals surface area contributed by atoms with Gasteiger partial charge in [0.15, 0.2) is 0 Å². The summed E-state index contributed by atoms with van der Waals surface area (Å²) in [5.41, 5.74) is 0. The van der Waals surface area contributed by atoms with Crippen LogP contribution < -0.4 is 0 Å². The molecule has 0 aromatic heterocycles. The Kier molecular flexibility index (Phi) is 18.3. The van der Waals surface area contributed by atoms with Crippen LogP contribution in [-0.2, 0) is 0 Å². The summed E-state index contributed by atoms with van der Waals surface area (Å²) < 4.78 is 0. The second-order valence-corrected chi connectivity index (χ2v) is 7.95. The van der Waals surface area contributed by atoms with Crippen LogP contribution in [0.3, 0.4) is 0 Å². The van der Waals surface area contributed by atoms with Gasteiger partial charge in [0.25, 0.3) is 0 Å². The molecule has 0 bridgehead atoms. The lowest BCUT2D eigenvalue weighted by molar-refractivity contribution is 0.286. The van der Waals surface area contributed by atoms with Crippen LogP contribution in [0.2, 0.25) is 0 Å². The summed E-state index contributed by atoms with van der Waals surface area (Å²) in [6.07, 6.45) is 24.8. The van der Waals surface area contributed by atoms with E-state index in [0.717, 1.165) is 11.8 Å². The number of hydrogen-bond donors (Lipinski definition) is 0. The van der Waals surface area contributed by atoms with Gasteiger partial charge in [-0.1, -0.05) is 130 Å². The molecule has 0 N–H and O–H groups in total. The van der Waals surface area contributed by atoms with Crippen molar-refractivity contribution in [2.75, 3.05) is 0 Å². The molecule has 0 spiro atoms. The van der Waals surface area contributed by atoms with Gasteiger partial charge in [-0.2, -0.15) is 0 Å². The van der Waals surface area contributed by atoms with Crippen molar-refractivity contribution in [3.63, 3.8) is 0 Å². The average molecular weight is 325 g/mol. The van der Waals surface area contributed by atoms with Crippen LogP contribution >= 0.6 is 0 Å². The van der Waals surface area contributed by atoms with Crippen LogP contribution in [0.15, 0.2) is 0 Å². The SMILES string of the molecule is CCCCCCC(CCCC)CC(CCCC)CCCCCC. The van der Waals surface area contributed by atoms with Gasteiger partial charge in [-0.05, 0) is 18.3 Å². The molecule has 0 nitrogen and oxygen atoms in total. The van der Waals surface area contributed by atoms with E-state index in [1.165, 1.54) is 109 Å². The van der Waals surface area contributed by atoms with Crippen LogP contribution in [0, 0.1) is 11.8 Å². The molecule has 0 heteroatoms. The summed E-state index contributed by atoms with van der Waals surface area (Å²) in [6, 6.07) is 0. The van der Waals surface area contributed by atoms with Crippen molar-refractivity contribution < 1.29 is 0 Å². The molecule has 0 radical (unpaired) electrons. The summed E-state index contributed by atoms with van der Waals surface area (Å²) >= 11 is 0. The normalized spacial score (nSPS) is 14.1. The van der Waals surface area contributed by atoms with Gasteiger partial charge in [0, 0.05) is 0 Å². The van der Waals surface area contributed by atoms with E-state index < -0.39 is 0 Å². The van der Waals surface area contributed by atoms with Gasteiger partial charge in [-0.25, -0.2) is 0 Å². The molecule has 0 aliphatic rings. The van der Waals surface area contributed by atoms with E-state index in [-0.39, 0.29) is 0 Å². The molecule has 0 rings (SSSR count). The molecule has 0 heterocycles. The first-order valence-electron chi connectivity index (χ1n) is 11.3. The van der Waals surface area contributed by atoms with Crippen LogP contribution in [-0.4, -0.2) is 0 Å². The molecule has 2 unspecified atom stereocenters. The smallest absolute Gasteiger partial charge is 0.0412 e. The zero-order chi connectivity index (χ0) is 17.2. The molecule has 0 saturated carbocycles. The number of unbranched alkanes of at least 4 members (excludes halogenated alkanes) is 8. The first kappa shape index (κ1) is 23.0. The molecule has 23 heavy (non-hydrogen) atoms. The summed E-state index contributed by atoms with van der Waals surface area (Å²) in [5.74, 6) is 2.06. The van der Waals surface area contributed by atoms with Crippen molar-refractivity contribution in [3.05, 3.63) is 0 Å². The summed E-state index contributed by atoms with van der Waals surface area (Å²) in [5, 5.41) is 0. The lowest BCUT2D eigenvalue weighted by Gasteiger charge is -2.24. The van der Waals surface area contributed by atoms with Crippen LogP contribution in [0.25, 0.3) is 0 Å². The zero-order valence-electron chi connectivity index (χ0n) is 17.2. The predicted octanol–water partition coefficient (Wildman–Crippen LogP) is 8.93. The fourth-order valence-electron chi connectivity index (χ4n) is 3.94. The number of hydrogen-bond acceptors (Lipinski definition) is 0. The Hall–Kier alpha value is 0. The molecular weight excluding hydrogens is 276 g/mol. The lowest BCUT2D eigenvalue weighted by atomic mass is 9.82. The summed E-state index contributed by atoms with van der Waals surface area (Å²) in [4.78, 5) is 0. The molecule has 0 amide bonds. The van der Waals surface area contributed by atoms with Gasteiger partial charge in [-0.3, -0.25) is 0 Å². The molecule has 0 aliphatic carbocycles. The predicted molar refractivity (Wildman–Crippen MR) is 108 cm³/mol. The van der Waals surface area contributed by atoms with Gasteiger partial charge in [0.2, 0.25) is 0 Å². The van der Waals surface area contributed by atoms with Crippen LogP contribution in [0.4, 0.5) is 0 Å². The monoisotopic (exact) mass is 324 g/mol. The Morgan fingerprint density at radius 1 is 0.391 bits per heavy atom. The third kappa shape index (κ3) is 15.3. The zero-order valence-corrected chi connectivity index (χ0v) is 17.2. The van der Waals surface area contributed by atoms with Crippen LogP contribution in [0.5, 0.6) is 0 Å². The summed E-state index contributed by atoms with van der Waals surface area (Å²) in [6.45, 7) is 9.36. The molecule has 0 fully saturated rings. The first-order chi connectivity index (χ1) is 11.3. The highest BCUT2D eigenvalue weighted by atomic mass is 14.2. The second-order valence-electron chi connectivity index (χ2n) is 7.95. The third-order valence-electron chi connectivity index (χ3n) is 5.53. The minimum absolute atomic E-state index is 1.03. The Bertz CT molecular complexity index is 186. The van der Waals surface area contributed by atoms with E-state index in [4.69, 9.17) is 0 Å². The quantitative estimate of drug-likeness (QED) is 0.221. The van der Waals surface area contributed by atoms with E-state index in [9.17, 15) is 0 Å². The van der Waals surface area contributed by atoms with Crippen molar-refractivity contribution in [1.29, 1.82) is 0 Å². The van der Waals surface area contributed by atoms with Gasteiger partial charge in [0.05, 0.1) is 0 Å². The highest BCUT2D eigenvalue weighted by Crippen LogP contribution is 2.30. The van der Waals surface area contributed by atoms with Crippen molar-refractivity contribution in [2.45, 2.75) is 137 Å². The van der Waals surface area contributed by atoms with Crippen molar-refractivity contribution >= 4 is 0 Å². The Morgan fingerprint density at radius 2 is 0.739 bits per heavy atom. The van der Waals surface area contributed by atoms with Crippen molar-refractivity contribution in [2.24, 2.45) is 11.8 Å². The van der Waals surface area contributed by atoms with Gasteiger partial charge < -0.3 is 0 Å². The lowest BCUT2D eigenvalue weighted by Crippen LogP contribution is -2.10. The van der Waals surface area contributed by atoms with Gasteiger partial charge in [0.1, 0.15) is 0 Å². The topological polar surface area (TPSA) is 0 Å². The minimum atomic E-state index is 1.03. The molecule has 0 aromatic rings. The number of rotatable bonds is 18. The molecule has 140 valence electrons.